The molecule has 0 unspecified atom stereocenters. The predicted octanol–water partition coefficient (Wildman–Crippen LogP) is 2.15. The van der Waals surface area contributed by atoms with Gasteiger partial charge in [0.1, 0.15) is 0 Å². The number of nitriles is 1. The normalized spacial score (nSPS) is 12.8. The zero-order valence-corrected chi connectivity index (χ0v) is 14.0. The maximum atomic E-state index is 12.1. The molecule has 132 valence electrons. The molecule has 0 fully saturated rings. The molecule has 0 saturated carbocycles. The molecular weight excluding hydrogens is 336 g/mol. The number of carbonyl (C=O) groups excluding carboxylic acids is 2. The molecule has 1 aliphatic rings. The number of fused-ring (bicyclic) bond motifs is 1. The van der Waals surface area contributed by atoms with Crippen molar-refractivity contribution in [2.45, 2.75) is 19.6 Å². The molecule has 0 radical (unpaired) electrons. The van der Waals surface area contributed by atoms with Crippen molar-refractivity contribution in [2.24, 2.45) is 0 Å². The van der Waals surface area contributed by atoms with Crippen molar-refractivity contribution in [3.05, 3.63) is 59.2 Å². The summed E-state index contributed by atoms with van der Waals surface area (Å²) in [5.41, 5.74) is 1.56. The van der Waals surface area contributed by atoms with E-state index in [2.05, 4.69) is 5.32 Å². The van der Waals surface area contributed by atoms with Crippen molar-refractivity contribution < 1.29 is 23.8 Å². The third kappa shape index (κ3) is 3.92. The van der Waals surface area contributed by atoms with Crippen molar-refractivity contribution in [1.29, 1.82) is 5.26 Å². The summed E-state index contributed by atoms with van der Waals surface area (Å²) in [5.74, 6) is 0.270. The van der Waals surface area contributed by atoms with E-state index in [0.29, 0.717) is 17.1 Å². The van der Waals surface area contributed by atoms with Crippen LogP contribution in [0.3, 0.4) is 0 Å². The molecule has 3 rings (SSSR count). The minimum absolute atomic E-state index is 0.188. The Bertz CT molecular complexity index is 870. The summed E-state index contributed by atoms with van der Waals surface area (Å²) >= 11 is 0. The second kappa shape index (κ2) is 7.57. The van der Waals surface area contributed by atoms with Crippen LogP contribution in [-0.4, -0.2) is 24.8 Å². The third-order valence-corrected chi connectivity index (χ3v) is 3.81. The van der Waals surface area contributed by atoms with Gasteiger partial charge in [0, 0.05) is 6.54 Å². The van der Waals surface area contributed by atoms with Crippen LogP contribution in [0.1, 0.15) is 28.4 Å². The predicted molar refractivity (Wildman–Crippen MR) is 90.4 cm³/mol. The van der Waals surface area contributed by atoms with E-state index in [1.807, 2.05) is 12.1 Å². The van der Waals surface area contributed by atoms with Crippen LogP contribution < -0.4 is 14.8 Å². The average Bonchev–Trinajstić information content (AvgIpc) is 3.13. The fraction of sp³-hybridized carbons (Fsp3) is 0.211. The third-order valence-electron chi connectivity index (χ3n) is 3.81. The van der Waals surface area contributed by atoms with Crippen molar-refractivity contribution in [3.63, 3.8) is 0 Å². The molecule has 0 bridgehead atoms. The van der Waals surface area contributed by atoms with E-state index >= 15 is 0 Å². The number of rotatable bonds is 5. The van der Waals surface area contributed by atoms with E-state index in [9.17, 15) is 9.59 Å². The number of hydrogen-bond donors (Lipinski definition) is 1. The highest BCUT2D eigenvalue weighted by Crippen LogP contribution is 2.32. The number of nitrogens with one attached hydrogen (secondary N) is 1. The van der Waals surface area contributed by atoms with Gasteiger partial charge in [-0.05, 0) is 48.9 Å². The van der Waals surface area contributed by atoms with Crippen molar-refractivity contribution >= 4 is 11.9 Å². The van der Waals surface area contributed by atoms with E-state index in [4.69, 9.17) is 19.5 Å². The highest BCUT2D eigenvalue weighted by Gasteiger charge is 2.19. The van der Waals surface area contributed by atoms with Gasteiger partial charge >= 0.3 is 5.97 Å². The second-order valence-electron chi connectivity index (χ2n) is 5.64. The van der Waals surface area contributed by atoms with Gasteiger partial charge in [-0.25, -0.2) is 4.79 Å². The minimum Gasteiger partial charge on any atom is -0.454 e. The molecule has 1 atom stereocenters. The number of carbonyl (C=O) groups is 2. The lowest BCUT2D eigenvalue weighted by Gasteiger charge is -2.13. The van der Waals surface area contributed by atoms with Crippen LogP contribution in [0.2, 0.25) is 0 Å². The second-order valence-corrected chi connectivity index (χ2v) is 5.64. The standard InChI is InChI=1S/C19H16N2O5/c1-12(26-19(23)15-5-2-13(9-20)3-6-15)18(22)21-10-14-4-7-16-17(8-14)25-11-24-16/h2-8,12H,10-11H2,1H3,(H,21,22)/t12-/m0/s1. The molecule has 1 amide bonds. The molecule has 0 aromatic heterocycles. The first-order valence-electron chi connectivity index (χ1n) is 7.94. The van der Waals surface area contributed by atoms with Crippen LogP contribution >= 0.6 is 0 Å². The fourth-order valence-electron chi connectivity index (χ4n) is 2.35. The van der Waals surface area contributed by atoms with Gasteiger partial charge < -0.3 is 19.5 Å². The van der Waals surface area contributed by atoms with E-state index < -0.39 is 18.0 Å². The number of esters is 1. The van der Waals surface area contributed by atoms with Gasteiger partial charge in [-0.3, -0.25) is 4.79 Å². The molecule has 7 nitrogen and oxygen atoms in total. The lowest BCUT2D eigenvalue weighted by Crippen LogP contribution is -2.35. The topological polar surface area (TPSA) is 97.7 Å². The summed E-state index contributed by atoms with van der Waals surface area (Å²) in [5, 5.41) is 11.5. The Labute approximate surface area is 150 Å². The zero-order valence-electron chi connectivity index (χ0n) is 14.0. The van der Waals surface area contributed by atoms with Gasteiger partial charge in [-0.2, -0.15) is 5.26 Å². The van der Waals surface area contributed by atoms with Crippen LogP contribution in [0, 0.1) is 11.3 Å². The number of ether oxygens (including phenoxy) is 3. The highest BCUT2D eigenvalue weighted by molar-refractivity contribution is 5.92. The highest BCUT2D eigenvalue weighted by atomic mass is 16.7. The van der Waals surface area contributed by atoms with E-state index in [1.54, 1.807) is 12.1 Å². The van der Waals surface area contributed by atoms with E-state index in [1.165, 1.54) is 31.2 Å². The van der Waals surface area contributed by atoms with E-state index in [-0.39, 0.29) is 18.9 Å². The molecule has 0 saturated heterocycles. The van der Waals surface area contributed by atoms with Gasteiger partial charge in [0.25, 0.3) is 5.91 Å². The van der Waals surface area contributed by atoms with Crippen molar-refractivity contribution in [2.75, 3.05) is 6.79 Å². The number of amides is 1. The Balaban J connectivity index is 1.52. The van der Waals surface area contributed by atoms with Gasteiger partial charge in [-0.1, -0.05) is 6.07 Å². The lowest BCUT2D eigenvalue weighted by molar-refractivity contribution is -0.129. The SMILES string of the molecule is C[C@H](OC(=O)c1ccc(C#N)cc1)C(=O)NCc1ccc2c(c1)OCO2. The van der Waals surface area contributed by atoms with Gasteiger partial charge in [0.15, 0.2) is 17.6 Å². The summed E-state index contributed by atoms with van der Waals surface area (Å²) in [7, 11) is 0. The molecule has 1 aliphatic heterocycles. The monoisotopic (exact) mass is 352 g/mol. The van der Waals surface area contributed by atoms with Crippen LogP contribution in [0.15, 0.2) is 42.5 Å². The Hall–Kier alpha value is -3.53. The molecule has 0 aliphatic carbocycles. The summed E-state index contributed by atoms with van der Waals surface area (Å²) in [6, 6.07) is 13.3. The maximum absolute atomic E-state index is 12.1. The van der Waals surface area contributed by atoms with Crippen LogP contribution in [-0.2, 0) is 16.1 Å². The first kappa shape index (κ1) is 17.3. The fourth-order valence-corrected chi connectivity index (χ4v) is 2.35. The van der Waals surface area contributed by atoms with Crippen molar-refractivity contribution in [1.82, 2.24) is 5.32 Å². The molecule has 2 aromatic carbocycles. The summed E-state index contributed by atoms with van der Waals surface area (Å²) < 4.78 is 15.7. The molecule has 26 heavy (non-hydrogen) atoms. The quantitative estimate of drug-likeness (QED) is 0.828. The van der Waals surface area contributed by atoms with Crippen molar-refractivity contribution in [3.8, 4) is 17.6 Å². The van der Waals surface area contributed by atoms with Gasteiger partial charge in [-0.15, -0.1) is 0 Å². The molecule has 2 aromatic rings. The Morgan fingerprint density at radius 3 is 2.65 bits per heavy atom. The Morgan fingerprint density at radius 2 is 1.92 bits per heavy atom. The first-order valence-corrected chi connectivity index (χ1v) is 7.94. The van der Waals surface area contributed by atoms with Crippen LogP contribution in [0.4, 0.5) is 0 Å². The zero-order chi connectivity index (χ0) is 18.5. The maximum Gasteiger partial charge on any atom is 0.338 e. The molecule has 0 spiro atoms. The summed E-state index contributed by atoms with van der Waals surface area (Å²) in [6.07, 6.45) is -0.952. The van der Waals surface area contributed by atoms with Gasteiger partial charge in [0.2, 0.25) is 6.79 Å². The molecule has 1 N–H and O–H groups in total. The lowest BCUT2D eigenvalue weighted by atomic mass is 10.1. The largest absolute Gasteiger partial charge is 0.454 e. The molecule has 7 heteroatoms. The number of benzene rings is 2. The van der Waals surface area contributed by atoms with Gasteiger partial charge in [0.05, 0.1) is 17.2 Å². The first-order chi connectivity index (χ1) is 12.6. The number of hydrogen-bond acceptors (Lipinski definition) is 6. The van der Waals surface area contributed by atoms with Crippen LogP contribution in [0.25, 0.3) is 0 Å². The Kier molecular flexibility index (Phi) is 5.04. The minimum atomic E-state index is -0.952. The summed E-state index contributed by atoms with van der Waals surface area (Å²) in [6.45, 7) is 1.96. The van der Waals surface area contributed by atoms with Crippen LogP contribution in [0.5, 0.6) is 11.5 Å². The average molecular weight is 352 g/mol. The molecule has 1 heterocycles. The smallest absolute Gasteiger partial charge is 0.338 e. The number of nitrogens with zero attached hydrogens (tertiary/aromatic N) is 1. The molecular formula is C19H16N2O5. The van der Waals surface area contributed by atoms with E-state index in [0.717, 1.165) is 5.56 Å². The summed E-state index contributed by atoms with van der Waals surface area (Å²) in [4.78, 5) is 24.2. The Morgan fingerprint density at radius 1 is 1.19 bits per heavy atom.